The molecule has 0 unspecified atom stereocenters. The van der Waals surface area contributed by atoms with Gasteiger partial charge in [0.2, 0.25) is 0 Å². The van der Waals surface area contributed by atoms with Crippen LogP contribution in [0.15, 0.2) is 227 Å². The van der Waals surface area contributed by atoms with E-state index in [1.807, 2.05) is 48.5 Å². The van der Waals surface area contributed by atoms with E-state index in [2.05, 4.69) is 139 Å². The largest absolute Gasteiger partial charge is 0.455 e. The first-order valence-electron chi connectivity index (χ1n) is 32.2. The molecule has 0 amide bonds. The van der Waals surface area contributed by atoms with Gasteiger partial charge in [-0.2, -0.15) is 0 Å². The number of hydrogen-bond acceptors (Lipinski definition) is 2. The molecule has 2 heterocycles. The Hall–Kier alpha value is -9.24. The van der Waals surface area contributed by atoms with E-state index in [1.165, 1.54) is 66.8 Å². The highest BCUT2D eigenvalue weighted by atomic mass is 16.3. The molecule has 0 radical (unpaired) electrons. The van der Waals surface area contributed by atoms with Crippen molar-refractivity contribution in [3.63, 3.8) is 0 Å². The van der Waals surface area contributed by atoms with Gasteiger partial charge >= 0.3 is 0 Å². The summed E-state index contributed by atoms with van der Waals surface area (Å²) in [5.74, 6) is 0. The zero-order valence-electron chi connectivity index (χ0n) is 54.3. The van der Waals surface area contributed by atoms with Crippen molar-refractivity contribution in [3.8, 4) is 77.9 Å². The van der Waals surface area contributed by atoms with Gasteiger partial charge in [0.15, 0.2) is 0 Å². The molecule has 374 valence electrons. The molecule has 14 aromatic rings. The summed E-state index contributed by atoms with van der Waals surface area (Å²) in [6, 6.07) is 52.0. The minimum atomic E-state index is -0.436. The van der Waals surface area contributed by atoms with Crippen LogP contribution in [-0.4, -0.2) is 0 Å². The van der Waals surface area contributed by atoms with Gasteiger partial charge in [-0.1, -0.05) is 223 Å². The van der Waals surface area contributed by atoms with Crippen LogP contribution in [0.4, 0.5) is 0 Å². The molecule has 3 aliphatic carbocycles. The molecular formula is C77H54O2. The molecule has 0 bridgehead atoms. The molecule has 0 N–H and O–H groups in total. The van der Waals surface area contributed by atoms with E-state index < -0.39 is 47.1 Å². The van der Waals surface area contributed by atoms with Crippen LogP contribution in [0, 0.1) is 0 Å². The van der Waals surface area contributed by atoms with Gasteiger partial charge in [0.1, 0.15) is 22.3 Å². The Balaban J connectivity index is 0.800. The normalized spacial score (nSPS) is 16.8. The minimum Gasteiger partial charge on any atom is -0.455 e. The van der Waals surface area contributed by atoms with Crippen molar-refractivity contribution in [2.75, 3.05) is 0 Å². The van der Waals surface area contributed by atoms with E-state index >= 15 is 0 Å². The Labute approximate surface area is 473 Å². The summed E-state index contributed by atoms with van der Waals surface area (Å²) >= 11 is 0. The molecule has 2 heteroatoms. The summed E-state index contributed by atoms with van der Waals surface area (Å²) in [5.41, 5.74) is 21.0. The number of fused-ring (bicyclic) bond motifs is 19. The number of rotatable bonds is 4. The Morgan fingerprint density at radius 3 is 0.949 bits per heavy atom. The van der Waals surface area contributed by atoms with E-state index in [0.717, 1.165) is 65.3 Å². The quantitative estimate of drug-likeness (QED) is 0.176. The maximum atomic E-state index is 8.88. The third-order valence-corrected chi connectivity index (χ3v) is 18.4. The molecule has 0 atom stereocenters. The first-order chi connectivity index (χ1) is 42.6. The fourth-order valence-corrected chi connectivity index (χ4v) is 14.6. The van der Waals surface area contributed by atoms with Crippen LogP contribution in [0.5, 0.6) is 0 Å². The third-order valence-electron chi connectivity index (χ3n) is 18.4. The van der Waals surface area contributed by atoms with Gasteiger partial charge in [0.05, 0.1) is 13.7 Å². The zero-order chi connectivity index (χ0) is 61.5. The molecule has 17 rings (SSSR count). The van der Waals surface area contributed by atoms with Crippen LogP contribution in [0.25, 0.3) is 143 Å². The van der Waals surface area contributed by atoms with Crippen LogP contribution >= 0.6 is 0 Å². The fourth-order valence-electron chi connectivity index (χ4n) is 14.6. The van der Waals surface area contributed by atoms with Crippen molar-refractivity contribution in [1.82, 2.24) is 0 Å². The molecule has 0 spiro atoms. The minimum absolute atomic E-state index is 0.107. The molecule has 79 heavy (non-hydrogen) atoms. The van der Waals surface area contributed by atoms with Crippen molar-refractivity contribution in [3.05, 3.63) is 252 Å². The molecule has 12 aromatic carbocycles. The molecule has 0 saturated carbocycles. The monoisotopic (exact) mass is 1020 g/mol. The number of benzene rings is 12. The zero-order valence-corrected chi connectivity index (χ0v) is 44.3. The number of furan rings is 2. The lowest BCUT2D eigenvalue weighted by Crippen LogP contribution is -2.17. The highest BCUT2D eigenvalue weighted by Crippen LogP contribution is 2.62. The highest BCUT2D eigenvalue weighted by Gasteiger charge is 2.46. The Bertz CT molecular complexity index is 5260. The van der Waals surface area contributed by atoms with Gasteiger partial charge in [0.25, 0.3) is 0 Å². The summed E-state index contributed by atoms with van der Waals surface area (Å²) in [5, 5.41) is 7.79. The van der Waals surface area contributed by atoms with E-state index in [-0.39, 0.29) is 40.7 Å². The van der Waals surface area contributed by atoms with Gasteiger partial charge in [-0.25, -0.2) is 0 Å². The lowest BCUT2D eigenvalue weighted by atomic mass is 9.78. The Morgan fingerprint density at radius 2 is 0.557 bits per heavy atom. The van der Waals surface area contributed by atoms with Crippen LogP contribution in [0.2, 0.25) is 0 Å². The predicted octanol–water partition coefficient (Wildman–Crippen LogP) is 21.4. The van der Waals surface area contributed by atoms with Crippen molar-refractivity contribution in [1.29, 1.82) is 0 Å². The van der Waals surface area contributed by atoms with E-state index in [0.29, 0.717) is 33.5 Å². The van der Waals surface area contributed by atoms with Crippen molar-refractivity contribution in [2.45, 2.75) is 57.8 Å². The summed E-state index contributed by atoms with van der Waals surface area (Å²) in [6.45, 7) is 14.1. The average Bonchev–Trinajstić information content (AvgIpc) is 1.55. The highest BCUT2D eigenvalue weighted by molar-refractivity contribution is 6.19. The van der Waals surface area contributed by atoms with Crippen molar-refractivity contribution < 1.29 is 22.5 Å². The molecule has 2 nitrogen and oxygen atoms in total. The topological polar surface area (TPSA) is 26.3 Å². The lowest BCUT2D eigenvalue weighted by molar-refractivity contribution is 0.649. The molecular weight excluding hydrogens is 957 g/mol. The average molecular weight is 1020 g/mol. The van der Waals surface area contributed by atoms with Gasteiger partial charge in [-0.3, -0.25) is 0 Å². The summed E-state index contributed by atoms with van der Waals surface area (Å²) < 4.78 is 99.9. The first-order valence-corrected chi connectivity index (χ1v) is 27.2. The summed E-state index contributed by atoms with van der Waals surface area (Å²) in [6.07, 6.45) is 0. The van der Waals surface area contributed by atoms with E-state index in [9.17, 15) is 0 Å². The Morgan fingerprint density at radius 1 is 0.266 bits per heavy atom. The van der Waals surface area contributed by atoms with Gasteiger partial charge in [-0.05, 0) is 147 Å². The van der Waals surface area contributed by atoms with Crippen LogP contribution in [0.1, 0.15) is 88.6 Å². The van der Waals surface area contributed by atoms with Crippen molar-refractivity contribution in [2.24, 2.45) is 0 Å². The molecule has 0 aliphatic heterocycles. The second kappa shape index (κ2) is 15.5. The summed E-state index contributed by atoms with van der Waals surface area (Å²) in [7, 11) is 0. The number of para-hydroxylation sites is 4. The van der Waals surface area contributed by atoms with E-state index in [4.69, 9.17) is 22.5 Å². The Kier molecular flexibility index (Phi) is 7.05. The lowest BCUT2D eigenvalue weighted by Gasteiger charge is -2.25. The van der Waals surface area contributed by atoms with Gasteiger partial charge in [-0.15, -0.1) is 0 Å². The van der Waals surface area contributed by atoms with Gasteiger partial charge in [0, 0.05) is 60.0 Å². The van der Waals surface area contributed by atoms with Crippen LogP contribution in [-0.2, 0) is 16.2 Å². The third kappa shape index (κ3) is 5.86. The smallest absolute Gasteiger partial charge is 0.143 e. The first kappa shape index (κ1) is 36.0. The summed E-state index contributed by atoms with van der Waals surface area (Å²) in [4.78, 5) is 0. The maximum absolute atomic E-state index is 8.88. The second-order valence-electron chi connectivity index (χ2n) is 23.5. The molecule has 2 aromatic heterocycles. The van der Waals surface area contributed by atoms with Crippen LogP contribution in [0.3, 0.4) is 0 Å². The fraction of sp³-hybridized carbons (Fsp3) is 0.117. The van der Waals surface area contributed by atoms with Crippen LogP contribution < -0.4 is 0 Å². The van der Waals surface area contributed by atoms with Gasteiger partial charge < -0.3 is 8.83 Å². The number of hydrogen-bond donors (Lipinski definition) is 0. The maximum Gasteiger partial charge on any atom is 0.143 e. The molecule has 3 aliphatic rings. The molecule has 0 fully saturated rings. The predicted molar refractivity (Wildman–Crippen MR) is 330 cm³/mol. The van der Waals surface area contributed by atoms with Crippen molar-refractivity contribution >= 4 is 65.4 Å². The van der Waals surface area contributed by atoms with E-state index in [1.54, 1.807) is 12.1 Å². The SMILES string of the molecule is [2H]c1c([2H])c([2H])c(-c2cccc3c2oc2c(-c4cc5c(c6ccccc46)-c4cc6c(cc4C5(C)C)-c4cc5c(cc4C6(C)C)-c4c(cc(-c6cccc7c6oc6c(-c8c([2H])c([2H])c([2H])c([2H])c8[2H])cccc67)c6ccccc46)C5(C)C)cccc23)c([2H])c1[2H]. The molecule has 0 saturated heterocycles. The second-order valence-corrected chi connectivity index (χ2v) is 23.5. The standard InChI is InChI=1S/C77H54O2/c1-75(2)63-41-61-65(76(3,4)67-37-57(47-25-13-15-27-49(47)69(61)67)55-35-19-33-53-51-31-17-29-45(71(51)78-73(53)55)43-21-9-7-10-22-43)39-59(63)60-40-66-62(42-64(60)75)70-50-28-16-14-26-48(50)58(38-68(70)77(66,5)6)56-36-20-34-54-52-32-18-30-46(72(52)79-74(54)56)44-23-11-8-12-24-44/h7-42H,1-6H3/i7D,8D,9D,10D,11D,12D,21D,22D,23D,24D.